The first-order chi connectivity index (χ1) is 12.3. The minimum atomic E-state index is -0.797. The number of carbonyl (C=O) groups is 2. The van der Waals surface area contributed by atoms with Crippen LogP contribution in [-0.4, -0.2) is 23.6 Å². The van der Waals surface area contributed by atoms with Crippen LogP contribution in [0.15, 0.2) is 57.8 Å². The second-order valence-corrected chi connectivity index (χ2v) is 6.33. The molecule has 0 aliphatic rings. The highest BCUT2D eigenvalue weighted by Gasteiger charge is 2.26. The molecule has 0 saturated carbocycles. The maximum Gasteiger partial charge on any atom is 0.331 e. The lowest BCUT2D eigenvalue weighted by molar-refractivity contribution is -0.155. The van der Waals surface area contributed by atoms with Crippen LogP contribution in [0.4, 0.5) is 0 Å². The summed E-state index contributed by atoms with van der Waals surface area (Å²) < 4.78 is 20.9. The molecule has 0 saturated heterocycles. The molecule has 1 unspecified atom stereocenters. The fraction of sp³-hybridized carbons (Fsp3) is 0.300. The Balaban J connectivity index is 1.79. The molecule has 0 radical (unpaired) electrons. The average molecular weight is 358 g/mol. The molecule has 0 aromatic carbocycles. The molecule has 26 heavy (non-hydrogen) atoms. The van der Waals surface area contributed by atoms with Crippen molar-refractivity contribution in [2.45, 2.75) is 38.9 Å². The van der Waals surface area contributed by atoms with Crippen LogP contribution in [0.5, 0.6) is 0 Å². The van der Waals surface area contributed by atoms with Gasteiger partial charge in [-0.1, -0.05) is 0 Å². The summed E-state index contributed by atoms with van der Waals surface area (Å²) in [6.45, 7) is 5.26. The van der Waals surface area contributed by atoms with E-state index in [2.05, 4.69) is 0 Å². The highest BCUT2D eigenvalue weighted by atomic mass is 16.6. The van der Waals surface area contributed by atoms with Crippen LogP contribution in [-0.2, 0) is 19.1 Å². The average Bonchev–Trinajstić information content (AvgIpc) is 3.23. The molecule has 0 N–H and O–H groups in total. The van der Waals surface area contributed by atoms with Crippen molar-refractivity contribution >= 4 is 24.1 Å². The highest BCUT2D eigenvalue weighted by Crippen LogP contribution is 2.19. The van der Waals surface area contributed by atoms with Crippen molar-refractivity contribution in [2.75, 3.05) is 0 Å². The number of hydrogen-bond donors (Lipinski definition) is 0. The van der Waals surface area contributed by atoms with Crippen molar-refractivity contribution in [3.8, 4) is 0 Å². The lowest BCUT2D eigenvalue weighted by Crippen LogP contribution is -2.32. The Morgan fingerprint density at radius 2 is 1.58 bits per heavy atom. The summed E-state index contributed by atoms with van der Waals surface area (Å²) in [4.78, 5) is 23.7. The van der Waals surface area contributed by atoms with Crippen LogP contribution < -0.4 is 0 Å². The highest BCUT2D eigenvalue weighted by molar-refractivity contribution is 5.87. The number of esters is 2. The van der Waals surface area contributed by atoms with Crippen molar-refractivity contribution in [1.29, 1.82) is 0 Å². The second-order valence-electron chi connectivity index (χ2n) is 6.33. The Morgan fingerprint density at radius 1 is 1.04 bits per heavy atom. The summed E-state index contributed by atoms with van der Waals surface area (Å²) >= 11 is 0. The molecule has 6 nitrogen and oxygen atoms in total. The minimum Gasteiger partial charge on any atom is -0.465 e. The molecule has 0 spiro atoms. The van der Waals surface area contributed by atoms with E-state index in [-0.39, 0.29) is 0 Å². The van der Waals surface area contributed by atoms with Crippen molar-refractivity contribution in [3.63, 3.8) is 0 Å². The summed E-state index contributed by atoms with van der Waals surface area (Å²) in [5, 5.41) is 0. The van der Waals surface area contributed by atoms with Gasteiger partial charge in [-0.25, -0.2) is 9.59 Å². The van der Waals surface area contributed by atoms with Gasteiger partial charge in [0.15, 0.2) is 0 Å². The predicted molar refractivity (Wildman–Crippen MR) is 95.8 cm³/mol. The Hall–Kier alpha value is -3.02. The molecular weight excluding hydrogens is 336 g/mol. The Bertz CT molecular complexity index is 750. The molecule has 0 aliphatic carbocycles. The topological polar surface area (TPSA) is 78.9 Å². The molecule has 1 atom stereocenters. The third kappa shape index (κ3) is 6.84. The maximum atomic E-state index is 11.9. The summed E-state index contributed by atoms with van der Waals surface area (Å²) in [6, 6.07) is 6.91. The third-order valence-corrected chi connectivity index (χ3v) is 3.33. The van der Waals surface area contributed by atoms with Gasteiger partial charge in [0.25, 0.3) is 0 Å². The van der Waals surface area contributed by atoms with E-state index in [1.807, 2.05) is 0 Å². The lowest BCUT2D eigenvalue weighted by atomic mass is 10.0. The first kappa shape index (κ1) is 19.3. The van der Waals surface area contributed by atoms with E-state index in [1.165, 1.54) is 36.8 Å². The van der Waals surface area contributed by atoms with Gasteiger partial charge >= 0.3 is 11.9 Å². The summed E-state index contributed by atoms with van der Waals surface area (Å²) in [7, 11) is 0. The molecule has 0 fully saturated rings. The summed E-state index contributed by atoms with van der Waals surface area (Å²) in [5.74, 6) is 0.133. The van der Waals surface area contributed by atoms with E-state index in [0.29, 0.717) is 17.9 Å². The predicted octanol–water partition coefficient (Wildman–Crippen LogP) is 4.24. The molecule has 2 rings (SSSR count). The van der Waals surface area contributed by atoms with Crippen LogP contribution in [0.2, 0.25) is 0 Å². The zero-order valence-electron chi connectivity index (χ0n) is 15.0. The second kappa shape index (κ2) is 8.89. The van der Waals surface area contributed by atoms with Crippen LogP contribution in [0.25, 0.3) is 12.2 Å². The number of rotatable bonds is 8. The number of furan rings is 2. The zero-order chi connectivity index (χ0) is 19.0. The van der Waals surface area contributed by atoms with E-state index in [1.54, 1.807) is 45.0 Å². The fourth-order valence-electron chi connectivity index (χ4n) is 2.39. The van der Waals surface area contributed by atoms with E-state index >= 15 is 0 Å². The van der Waals surface area contributed by atoms with Crippen molar-refractivity contribution in [1.82, 2.24) is 0 Å². The van der Waals surface area contributed by atoms with Gasteiger partial charge in [0.05, 0.1) is 12.5 Å². The SMILES string of the molecule is CC(CC(C)(C)OC(=O)/C=C/c1ccco1)OC(=O)/C=C/c1ccco1. The third-order valence-electron chi connectivity index (χ3n) is 3.33. The van der Waals surface area contributed by atoms with Gasteiger partial charge < -0.3 is 18.3 Å². The molecule has 6 heteroatoms. The lowest BCUT2D eigenvalue weighted by Gasteiger charge is -2.27. The fourth-order valence-corrected chi connectivity index (χ4v) is 2.39. The number of carbonyl (C=O) groups excluding carboxylic acids is 2. The molecule has 2 heterocycles. The first-order valence-corrected chi connectivity index (χ1v) is 8.21. The van der Waals surface area contributed by atoms with Crippen molar-refractivity contribution in [2.24, 2.45) is 0 Å². The van der Waals surface area contributed by atoms with Gasteiger partial charge in [-0.15, -0.1) is 0 Å². The standard InChI is InChI=1S/C20H22O6/c1-15(25-18(21)10-8-16-6-4-12-23-16)14-20(2,3)26-19(22)11-9-17-7-5-13-24-17/h4-13,15H,14H2,1-3H3/b10-8+,11-9+. The maximum absolute atomic E-state index is 11.9. The van der Waals surface area contributed by atoms with E-state index < -0.39 is 23.6 Å². The monoisotopic (exact) mass is 358 g/mol. The van der Waals surface area contributed by atoms with Crippen LogP contribution in [0, 0.1) is 0 Å². The van der Waals surface area contributed by atoms with Crippen LogP contribution in [0.1, 0.15) is 38.7 Å². The summed E-state index contributed by atoms with van der Waals surface area (Å²) in [6.07, 6.45) is 8.61. The van der Waals surface area contributed by atoms with E-state index in [0.717, 1.165) is 0 Å². The molecule has 138 valence electrons. The number of hydrogen-bond acceptors (Lipinski definition) is 6. The minimum absolute atomic E-state index is 0.355. The quantitative estimate of drug-likeness (QED) is 0.519. The molecular formula is C20H22O6. The first-order valence-electron chi connectivity index (χ1n) is 8.21. The van der Waals surface area contributed by atoms with Gasteiger partial charge in [-0.05, 0) is 57.2 Å². The molecule has 2 aromatic heterocycles. The van der Waals surface area contributed by atoms with Gasteiger partial charge in [-0.2, -0.15) is 0 Å². The zero-order valence-corrected chi connectivity index (χ0v) is 15.0. The largest absolute Gasteiger partial charge is 0.465 e. The molecule has 2 aromatic rings. The molecule has 0 amide bonds. The van der Waals surface area contributed by atoms with Crippen molar-refractivity contribution in [3.05, 3.63) is 60.5 Å². The van der Waals surface area contributed by atoms with E-state index in [4.69, 9.17) is 18.3 Å². The van der Waals surface area contributed by atoms with Crippen molar-refractivity contribution < 1.29 is 27.9 Å². The molecule has 0 bridgehead atoms. The smallest absolute Gasteiger partial charge is 0.331 e. The normalized spacial score (nSPS) is 13.2. The van der Waals surface area contributed by atoms with Crippen LogP contribution >= 0.6 is 0 Å². The summed E-state index contributed by atoms with van der Waals surface area (Å²) in [5.41, 5.74) is -0.797. The van der Waals surface area contributed by atoms with Gasteiger partial charge in [0, 0.05) is 18.6 Å². The Labute approximate surface area is 152 Å². The Kier molecular flexibility index (Phi) is 6.60. The van der Waals surface area contributed by atoms with Crippen LogP contribution in [0.3, 0.4) is 0 Å². The van der Waals surface area contributed by atoms with Gasteiger partial charge in [0.1, 0.15) is 23.2 Å². The van der Waals surface area contributed by atoms with E-state index in [9.17, 15) is 9.59 Å². The van der Waals surface area contributed by atoms with Gasteiger partial charge in [-0.3, -0.25) is 0 Å². The molecule has 0 aliphatic heterocycles. The number of ether oxygens (including phenoxy) is 2. The van der Waals surface area contributed by atoms with Gasteiger partial charge in [0.2, 0.25) is 0 Å². The Morgan fingerprint density at radius 3 is 2.08 bits per heavy atom.